The lowest BCUT2D eigenvalue weighted by molar-refractivity contribution is 0.0996. The Morgan fingerprint density at radius 2 is 1.94 bits per heavy atom. The van der Waals surface area contributed by atoms with Crippen molar-refractivity contribution in [2.24, 2.45) is 5.73 Å². The zero-order valence-corrected chi connectivity index (χ0v) is 8.79. The Morgan fingerprint density at radius 1 is 1.24 bits per heavy atom. The highest BCUT2D eigenvalue weighted by atomic mass is 16.1. The summed E-state index contributed by atoms with van der Waals surface area (Å²) in [5.41, 5.74) is 12.0. The fourth-order valence-corrected chi connectivity index (χ4v) is 1.21. The molecule has 0 saturated heterocycles. The molecule has 5 N–H and O–H groups in total. The van der Waals surface area contributed by atoms with Crippen LogP contribution < -0.4 is 16.8 Å². The molecule has 86 valence electrons. The number of nitrogen functional groups attached to an aromatic ring is 1. The Kier molecular flexibility index (Phi) is 2.82. The van der Waals surface area contributed by atoms with Gasteiger partial charge in [0.2, 0.25) is 0 Å². The normalized spacial score (nSPS) is 9.88. The van der Waals surface area contributed by atoms with Gasteiger partial charge in [0.05, 0.1) is 23.8 Å². The predicted molar refractivity (Wildman–Crippen MR) is 62.5 cm³/mol. The summed E-state index contributed by atoms with van der Waals surface area (Å²) in [5, 5.41) is 2.90. The largest absolute Gasteiger partial charge is 0.396 e. The average molecular weight is 230 g/mol. The van der Waals surface area contributed by atoms with Crippen molar-refractivity contribution in [2.45, 2.75) is 0 Å². The second kappa shape index (κ2) is 4.44. The summed E-state index contributed by atoms with van der Waals surface area (Å²) < 4.78 is 0. The molecular formula is C10H10N6O. The first-order chi connectivity index (χ1) is 8.16. The minimum atomic E-state index is -0.614. The summed E-state index contributed by atoms with van der Waals surface area (Å²) in [6.45, 7) is 0. The van der Waals surface area contributed by atoms with E-state index in [0.717, 1.165) is 0 Å². The van der Waals surface area contributed by atoms with Crippen molar-refractivity contribution in [3.05, 3.63) is 36.5 Å². The molecule has 0 aliphatic carbocycles. The number of rotatable bonds is 3. The molecule has 0 radical (unpaired) electrons. The number of hydrogen-bond acceptors (Lipinski definition) is 6. The molecule has 0 fully saturated rings. The molecule has 7 nitrogen and oxygen atoms in total. The molecule has 17 heavy (non-hydrogen) atoms. The van der Waals surface area contributed by atoms with Gasteiger partial charge in [-0.15, -0.1) is 0 Å². The van der Waals surface area contributed by atoms with E-state index < -0.39 is 5.91 Å². The van der Waals surface area contributed by atoms with Crippen molar-refractivity contribution < 1.29 is 4.79 Å². The van der Waals surface area contributed by atoms with E-state index in [-0.39, 0.29) is 5.69 Å². The smallest absolute Gasteiger partial charge is 0.267 e. The minimum absolute atomic E-state index is 0.138. The minimum Gasteiger partial charge on any atom is -0.396 e. The van der Waals surface area contributed by atoms with E-state index in [2.05, 4.69) is 20.3 Å². The highest BCUT2D eigenvalue weighted by Crippen LogP contribution is 2.19. The fourth-order valence-electron chi connectivity index (χ4n) is 1.21. The van der Waals surface area contributed by atoms with Crippen molar-refractivity contribution in [3.63, 3.8) is 0 Å². The lowest BCUT2D eigenvalue weighted by atomic mass is 10.3. The number of nitrogens with two attached hydrogens (primary N) is 2. The third kappa shape index (κ3) is 2.46. The molecule has 0 unspecified atom stereocenters. The molecule has 0 aromatic carbocycles. The molecule has 1 amide bonds. The number of pyridine rings is 1. The Bertz CT molecular complexity index is 542. The van der Waals surface area contributed by atoms with Crippen molar-refractivity contribution in [1.29, 1.82) is 0 Å². The first-order valence-electron chi connectivity index (χ1n) is 4.75. The first-order valence-corrected chi connectivity index (χ1v) is 4.75. The van der Waals surface area contributed by atoms with Crippen LogP contribution in [-0.4, -0.2) is 20.9 Å². The van der Waals surface area contributed by atoms with Gasteiger partial charge < -0.3 is 16.8 Å². The topological polar surface area (TPSA) is 120 Å². The second-order valence-corrected chi connectivity index (χ2v) is 3.25. The Balaban J connectivity index is 2.32. The molecule has 7 heteroatoms. The Hall–Kier alpha value is -2.70. The van der Waals surface area contributed by atoms with E-state index in [9.17, 15) is 4.79 Å². The third-order valence-electron chi connectivity index (χ3n) is 2.00. The van der Waals surface area contributed by atoms with E-state index in [1.807, 2.05) is 0 Å². The summed E-state index contributed by atoms with van der Waals surface area (Å²) >= 11 is 0. The van der Waals surface area contributed by atoms with Gasteiger partial charge in [0, 0.05) is 0 Å². The summed E-state index contributed by atoms with van der Waals surface area (Å²) in [7, 11) is 0. The van der Waals surface area contributed by atoms with Gasteiger partial charge in [-0.25, -0.2) is 15.0 Å². The lowest BCUT2D eigenvalue weighted by Gasteiger charge is -2.08. The molecule has 0 bridgehead atoms. The summed E-state index contributed by atoms with van der Waals surface area (Å²) in [4.78, 5) is 22.7. The van der Waals surface area contributed by atoms with Crippen molar-refractivity contribution in [2.75, 3.05) is 11.1 Å². The average Bonchev–Trinajstić information content (AvgIpc) is 2.33. The van der Waals surface area contributed by atoms with Crippen LogP contribution >= 0.6 is 0 Å². The summed E-state index contributed by atoms with van der Waals surface area (Å²) in [6, 6.07) is 3.02. The number of amides is 1. The van der Waals surface area contributed by atoms with Crippen LogP contribution in [0.1, 0.15) is 10.5 Å². The zero-order chi connectivity index (χ0) is 12.3. The molecule has 0 saturated carbocycles. The van der Waals surface area contributed by atoms with Crippen molar-refractivity contribution in [1.82, 2.24) is 15.0 Å². The van der Waals surface area contributed by atoms with Crippen molar-refractivity contribution >= 4 is 23.1 Å². The highest BCUT2D eigenvalue weighted by molar-refractivity contribution is 5.92. The number of nitrogens with one attached hydrogen (secondary N) is 1. The number of anilines is 3. The molecule has 2 aromatic heterocycles. The maximum Gasteiger partial charge on any atom is 0.267 e. The molecule has 0 atom stereocenters. The van der Waals surface area contributed by atoms with Crippen LogP contribution in [0.25, 0.3) is 0 Å². The van der Waals surface area contributed by atoms with Crippen LogP contribution in [-0.2, 0) is 0 Å². The molecular weight excluding hydrogens is 220 g/mol. The van der Waals surface area contributed by atoms with Crippen LogP contribution in [0.15, 0.2) is 30.9 Å². The van der Waals surface area contributed by atoms with Crippen molar-refractivity contribution in [3.8, 4) is 0 Å². The van der Waals surface area contributed by atoms with Crippen LogP contribution in [0, 0.1) is 0 Å². The van der Waals surface area contributed by atoms with Gasteiger partial charge in [-0.3, -0.25) is 4.79 Å². The number of primary amides is 1. The van der Waals surface area contributed by atoms with Gasteiger partial charge >= 0.3 is 0 Å². The molecule has 2 heterocycles. The van der Waals surface area contributed by atoms with Crippen LogP contribution in [0.5, 0.6) is 0 Å². The molecule has 0 spiro atoms. The number of nitrogens with zero attached hydrogens (tertiary/aromatic N) is 3. The second-order valence-electron chi connectivity index (χ2n) is 3.25. The summed E-state index contributed by atoms with van der Waals surface area (Å²) in [6.07, 6.45) is 4.53. The van der Waals surface area contributed by atoms with Gasteiger partial charge in [-0.05, 0) is 12.1 Å². The SMILES string of the molecule is NC(=O)c1ccc(N)c(Nc2cncnc2)n1. The van der Waals surface area contributed by atoms with Gasteiger partial charge in [-0.1, -0.05) is 0 Å². The summed E-state index contributed by atoms with van der Waals surface area (Å²) in [5.74, 6) is -0.270. The number of carbonyl (C=O) groups excluding carboxylic acids is 1. The molecule has 0 aliphatic rings. The van der Waals surface area contributed by atoms with Gasteiger partial charge in [0.25, 0.3) is 5.91 Å². The maximum atomic E-state index is 11.0. The van der Waals surface area contributed by atoms with E-state index in [1.165, 1.54) is 12.4 Å². The molecule has 2 rings (SSSR count). The van der Waals surface area contributed by atoms with E-state index >= 15 is 0 Å². The first kappa shape index (κ1) is 10.8. The monoisotopic (exact) mass is 230 g/mol. The molecule has 2 aromatic rings. The number of aromatic nitrogens is 3. The standard InChI is InChI=1S/C10H10N6O/c11-7-1-2-8(9(12)17)16-10(7)15-6-3-13-5-14-4-6/h1-5H,11H2,(H2,12,17)(H,15,16). The van der Waals surface area contributed by atoms with Crippen LogP contribution in [0.2, 0.25) is 0 Å². The number of hydrogen-bond donors (Lipinski definition) is 3. The van der Waals surface area contributed by atoms with E-state index in [1.54, 1.807) is 18.5 Å². The van der Waals surface area contributed by atoms with E-state index in [4.69, 9.17) is 11.5 Å². The van der Waals surface area contributed by atoms with Crippen LogP contribution in [0.3, 0.4) is 0 Å². The van der Waals surface area contributed by atoms with Gasteiger partial charge in [0.15, 0.2) is 5.82 Å². The van der Waals surface area contributed by atoms with Gasteiger partial charge in [0.1, 0.15) is 12.0 Å². The maximum absolute atomic E-state index is 11.0. The Labute approximate surface area is 96.9 Å². The highest BCUT2D eigenvalue weighted by Gasteiger charge is 2.07. The van der Waals surface area contributed by atoms with Gasteiger partial charge in [-0.2, -0.15) is 0 Å². The third-order valence-corrected chi connectivity index (χ3v) is 2.00. The quantitative estimate of drug-likeness (QED) is 0.697. The zero-order valence-electron chi connectivity index (χ0n) is 8.79. The molecule has 0 aliphatic heterocycles. The van der Waals surface area contributed by atoms with Crippen LogP contribution in [0.4, 0.5) is 17.2 Å². The fraction of sp³-hybridized carbons (Fsp3) is 0. The van der Waals surface area contributed by atoms with E-state index in [0.29, 0.717) is 17.2 Å². The lowest BCUT2D eigenvalue weighted by Crippen LogP contribution is -2.14. The Morgan fingerprint density at radius 3 is 2.59 bits per heavy atom. The number of carbonyl (C=O) groups is 1. The predicted octanol–water partition coefficient (Wildman–Crippen LogP) is 0.296.